The zero-order chi connectivity index (χ0) is 13.1. The minimum absolute atomic E-state index is 0.248. The highest BCUT2D eigenvalue weighted by atomic mass is 32.2. The molecule has 1 saturated heterocycles. The van der Waals surface area contributed by atoms with Crippen molar-refractivity contribution in [1.29, 1.82) is 0 Å². The lowest BCUT2D eigenvalue weighted by molar-refractivity contribution is -0.150. The van der Waals surface area contributed by atoms with Crippen LogP contribution >= 0.6 is 11.8 Å². The zero-order valence-electron chi connectivity index (χ0n) is 10.2. The maximum atomic E-state index is 10.1. The van der Waals surface area contributed by atoms with Gasteiger partial charge in [0.25, 0.3) is 0 Å². The summed E-state index contributed by atoms with van der Waals surface area (Å²) in [5.74, 6) is 0. The lowest BCUT2D eigenvalue weighted by Gasteiger charge is -2.38. The highest BCUT2D eigenvalue weighted by Crippen LogP contribution is 2.35. The number of amidine groups is 1. The number of thioether (sulfide) groups is 1. The second kappa shape index (κ2) is 6.18. The van der Waals surface area contributed by atoms with Crippen LogP contribution in [0.3, 0.4) is 0 Å². The summed E-state index contributed by atoms with van der Waals surface area (Å²) in [4.78, 5) is 4.33. The molecule has 0 aromatic heterocycles. The lowest BCUT2D eigenvalue weighted by Crippen LogP contribution is -2.57. The standard InChI is InChI=1S/C10H20N4O3S/c1-2-13-10-14-6-8(16)7(15)5(3-12-4-11)17-9(6)18-10/h5-9,12,15-16H,2-4,11H2,1H3,(H,13,14)/t5-,6-,7-,8-,9-/m1/s1. The molecule has 0 radical (unpaired) electrons. The highest BCUT2D eigenvalue weighted by molar-refractivity contribution is 8.14. The molecule has 0 aromatic rings. The molecule has 0 saturated carbocycles. The Labute approximate surface area is 110 Å². The maximum absolute atomic E-state index is 10.1. The fourth-order valence-electron chi connectivity index (χ4n) is 2.06. The number of aliphatic imine (C=N–C) groups is 1. The minimum Gasteiger partial charge on any atom is -0.388 e. The molecule has 2 heterocycles. The number of rotatable bonds is 4. The number of nitrogens with two attached hydrogens (primary N) is 1. The zero-order valence-corrected chi connectivity index (χ0v) is 11.1. The van der Waals surface area contributed by atoms with Gasteiger partial charge in [0.1, 0.15) is 29.8 Å². The van der Waals surface area contributed by atoms with Crippen LogP contribution in [0.1, 0.15) is 6.92 Å². The molecule has 0 aromatic carbocycles. The van der Waals surface area contributed by atoms with Crippen LogP contribution in [-0.2, 0) is 4.74 Å². The van der Waals surface area contributed by atoms with Crippen LogP contribution in [0.15, 0.2) is 4.99 Å². The van der Waals surface area contributed by atoms with E-state index in [1.807, 2.05) is 6.92 Å². The van der Waals surface area contributed by atoms with E-state index in [9.17, 15) is 10.2 Å². The summed E-state index contributed by atoms with van der Waals surface area (Å²) < 4.78 is 5.75. The number of ether oxygens (including phenoxy) is 1. The molecule has 1 fully saturated rings. The van der Waals surface area contributed by atoms with Crippen LogP contribution in [-0.4, -0.2) is 64.9 Å². The van der Waals surface area contributed by atoms with Gasteiger partial charge in [-0.2, -0.15) is 0 Å². The Morgan fingerprint density at radius 2 is 2.22 bits per heavy atom. The van der Waals surface area contributed by atoms with Crippen LogP contribution in [0.25, 0.3) is 0 Å². The Morgan fingerprint density at radius 1 is 1.44 bits per heavy atom. The molecule has 7 nitrogen and oxygen atoms in total. The molecule has 6 N–H and O–H groups in total. The Kier molecular flexibility index (Phi) is 4.82. The first-order chi connectivity index (χ1) is 8.67. The molecule has 0 bridgehead atoms. The molecule has 2 rings (SSSR count). The predicted octanol–water partition coefficient (Wildman–Crippen LogP) is -1.98. The Balaban J connectivity index is 1.99. The van der Waals surface area contributed by atoms with Gasteiger partial charge in [0.2, 0.25) is 0 Å². The summed E-state index contributed by atoms with van der Waals surface area (Å²) >= 11 is 1.45. The van der Waals surface area contributed by atoms with Crippen LogP contribution in [0.2, 0.25) is 0 Å². The average molecular weight is 276 g/mol. The topological polar surface area (TPSA) is 112 Å². The van der Waals surface area contributed by atoms with Crippen LogP contribution < -0.4 is 16.4 Å². The van der Waals surface area contributed by atoms with Gasteiger partial charge in [0.15, 0.2) is 5.17 Å². The third kappa shape index (κ3) is 2.79. The summed E-state index contributed by atoms with van der Waals surface area (Å²) in [6.45, 7) is 3.46. The number of aliphatic hydroxyl groups is 2. The molecule has 2 aliphatic heterocycles. The number of nitrogens with one attached hydrogen (secondary N) is 2. The van der Waals surface area contributed by atoms with Crippen LogP contribution in [0.4, 0.5) is 0 Å². The number of hydrogen-bond donors (Lipinski definition) is 5. The van der Waals surface area contributed by atoms with Crippen molar-refractivity contribution in [2.75, 3.05) is 19.8 Å². The monoisotopic (exact) mass is 276 g/mol. The molecule has 18 heavy (non-hydrogen) atoms. The smallest absolute Gasteiger partial charge is 0.159 e. The van der Waals surface area contributed by atoms with Gasteiger partial charge in [-0.3, -0.25) is 4.99 Å². The maximum Gasteiger partial charge on any atom is 0.159 e. The molecule has 0 aliphatic carbocycles. The van der Waals surface area contributed by atoms with E-state index < -0.39 is 24.4 Å². The first-order valence-corrected chi connectivity index (χ1v) is 6.96. The van der Waals surface area contributed by atoms with E-state index in [0.29, 0.717) is 13.2 Å². The van der Waals surface area contributed by atoms with Crippen molar-refractivity contribution in [1.82, 2.24) is 10.6 Å². The molecule has 0 unspecified atom stereocenters. The molecule has 8 heteroatoms. The van der Waals surface area contributed by atoms with Crippen molar-refractivity contribution < 1.29 is 14.9 Å². The van der Waals surface area contributed by atoms with E-state index >= 15 is 0 Å². The average Bonchev–Trinajstić information content (AvgIpc) is 2.75. The molecule has 5 atom stereocenters. The first kappa shape index (κ1) is 14.0. The van der Waals surface area contributed by atoms with E-state index in [1.165, 1.54) is 11.8 Å². The summed E-state index contributed by atoms with van der Waals surface area (Å²) in [5.41, 5.74) is 5.10. The Hall–Kier alpha value is -0.380. The van der Waals surface area contributed by atoms with Crippen molar-refractivity contribution in [3.05, 3.63) is 0 Å². The van der Waals surface area contributed by atoms with Gasteiger partial charge in [0.05, 0.1) is 0 Å². The van der Waals surface area contributed by atoms with Crippen LogP contribution in [0.5, 0.6) is 0 Å². The normalized spacial score (nSPS) is 39.3. The SMILES string of the molecule is CCNC1=N[C@@H]2[C@@H](O)[C@H](O)[C@@H](CNCN)O[C@@H]2S1. The molecule has 0 amide bonds. The summed E-state index contributed by atoms with van der Waals surface area (Å²) in [5, 5.41) is 26.8. The molecule has 0 spiro atoms. The molecule has 104 valence electrons. The first-order valence-electron chi connectivity index (χ1n) is 6.08. The van der Waals surface area contributed by atoms with Crippen LogP contribution in [0, 0.1) is 0 Å². The van der Waals surface area contributed by atoms with E-state index in [-0.39, 0.29) is 5.44 Å². The molecular formula is C10H20N4O3S. The second-order valence-corrected chi connectivity index (χ2v) is 5.34. The van der Waals surface area contributed by atoms with E-state index in [1.54, 1.807) is 0 Å². The number of nitrogens with zero attached hydrogens (tertiary/aromatic N) is 1. The molecular weight excluding hydrogens is 256 g/mol. The third-order valence-corrected chi connectivity index (χ3v) is 4.08. The third-order valence-electron chi connectivity index (χ3n) is 2.98. The Morgan fingerprint density at radius 3 is 2.89 bits per heavy atom. The van der Waals surface area contributed by atoms with E-state index in [4.69, 9.17) is 10.5 Å². The van der Waals surface area contributed by atoms with Gasteiger partial charge in [-0.1, -0.05) is 11.8 Å². The fourth-order valence-corrected chi connectivity index (χ4v) is 3.25. The lowest BCUT2D eigenvalue weighted by atomic mass is 9.98. The largest absolute Gasteiger partial charge is 0.388 e. The van der Waals surface area contributed by atoms with Crippen molar-refractivity contribution in [2.45, 2.75) is 36.7 Å². The van der Waals surface area contributed by atoms with E-state index in [0.717, 1.165) is 11.7 Å². The van der Waals surface area contributed by atoms with Gasteiger partial charge < -0.3 is 31.3 Å². The predicted molar refractivity (Wildman–Crippen MR) is 70.2 cm³/mol. The summed E-state index contributed by atoms with van der Waals surface area (Å²) in [6.07, 6.45) is -2.32. The quantitative estimate of drug-likeness (QED) is 0.378. The summed E-state index contributed by atoms with van der Waals surface area (Å²) in [6, 6.07) is -0.409. The molecule has 2 aliphatic rings. The Bertz CT molecular complexity index is 317. The van der Waals surface area contributed by atoms with Gasteiger partial charge in [0, 0.05) is 19.8 Å². The summed E-state index contributed by atoms with van der Waals surface area (Å²) in [7, 11) is 0. The van der Waals surface area contributed by atoms with E-state index in [2.05, 4.69) is 15.6 Å². The number of aliphatic hydroxyl groups excluding tert-OH is 2. The van der Waals surface area contributed by atoms with Crippen molar-refractivity contribution >= 4 is 16.9 Å². The van der Waals surface area contributed by atoms with Gasteiger partial charge >= 0.3 is 0 Å². The van der Waals surface area contributed by atoms with Gasteiger partial charge in [-0.15, -0.1) is 0 Å². The minimum atomic E-state index is -0.948. The second-order valence-electron chi connectivity index (χ2n) is 4.26. The fraction of sp³-hybridized carbons (Fsp3) is 0.900. The van der Waals surface area contributed by atoms with Crippen molar-refractivity contribution in [2.24, 2.45) is 10.7 Å². The van der Waals surface area contributed by atoms with Crippen molar-refractivity contribution in [3.63, 3.8) is 0 Å². The van der Waals surface area contributed by atoms with Gasteiger partial charge in [-0.25, -0.2) is 0 Å². The van der Waals surface area contributed by atoms with Crippen molar-refractivity contribution in [3.8, 4) is 0 Å². The number of fused-ring (bicyclic) bond motifs is 1. The van der Waals surface area contributed by atoms with Gasteiger partial charge in [-0.05, 0) is 6.92 Å². The highest BCUT2D eigenvalue weighted by Gasteiger charge is 2.47. The number of hydrogen-bond acceptors (Lipinski definition) is 8.